The highest BCUT2D eigenvalue weighted by Gasteiger charge is 2.43. The molecule has 49 heavy (non-hydrogen) atoms. The molecule has 3 fully saturated rings. The van der Waals surface area contributed by atoms with Crippen LogP contribution in [0.25, 0.3) is 11.1 Å². The van der Waals surface area contributed by atoms with Crippen LogP contribution in [0.4, 0.5) is 26.8 Å². The summed E-state index contributed by atoms with van der Waals surface area (Å²) in [5.74, 6) is 1.67. The van der Waals surface area contributed by atoms with Crippen LogP contribution >= 0.6 is 0 Å². The van der Waals surface area contributed by atoms with E-state index in [1.165, 1.54) is 0 Å². The second kappa shape index (κ2) is 14.2. The van der Waals surface area contributed by atoms with Crippen molar-refractivity contribution in [2.24, 2.45) is 7.05 Å². The highest BCUT2D eigenvalue weighted by molar-refractivity contribution is 5.91. The van der Waals surface area contributed by atoms with Crippen LogP contribution in [-0.2, 0) is 18.3 Å². The predicted molar refractivity (Wildman–Crippen MR) is 184 cm³/mol. The summed E-state index contributed by atoms with van der Waals surface area (Å²) in [5, 5.41) is 20.7. The Morgan fingerprint density at radius 2 is 1.86 bits per heavy atom. The minimum atomic E-state index is -0.906. The molecule has 1 aliphatic carbocycles. The number of amides is 2. The molecule has 0 radical (unpaired) electrons. The SMILES string of the molecule is Cn1cc(-c2ccc(N(C(=O)NCc3ccccc3)C3CCC(Nc4ncc(C#N)c(N5CCC6(CC5)CC(F)CO6)n4)CC3)nc2)cn1. The number of nitrogens with zero attached hydrogens (tertiary/aromatic N) is 8. The van der Waals surface area contributed by atoms with Gasteiger partial charge in [-0.1, -0.05) is 30.3 Å². The molecule has 2 N–H and O–H groups in total. The zero-order valence-corrected chi connectivity index (χ0v) is 27.6. The molecule has 1 spiro atoms. The number of nitriles is 1. The summed E-state index contributed by atoms with van der Waals surface area (Å²) in [6, 6.07) is 15.8. The number of urea groups is 1. The first-order valence-corrected chi connectivity index (χ1v) is 17.0. The van der Waals surface area contributed by atoms with Gasteiger partial charge in [-0.2, -0.15) is 15.3 Å². The van der Waals surface area contributed by atoms with Crippen LogP contribution in [0.5, 0.6) is 0 Å². The van der Waals surface area contributed by atoms with Gasteiger partial charge in [0.25, 0.3) is 0 Å². The number of pyridine rings is 1. The molecule has 2 saturated heterocycles. The van der Waals surface area contributed by atoms with Gasteiger partial charge in [-0.15, -0.1) is 0 Å². The van der Waals surface area contributed by atoms with Crippen LogP contribution in [0.3, 0.4) is 0 Å². The number of rotatable bonds is 8. The van der Waals surface area contributed by atoms with Gasteiger partial charge >= 0.3 is 6.03 Å². The number of halogens is 1. The Morgan fingerprint density at radius 3 is 2.51 bits per heavy atom. The van der Waals surface area contributed by atoms with Gasteiger partial charge in [-0.3, -0.25) is 9.58 Å². The molecule has 1 atom stereocenters. The topological polar surface area (TPSA) is 137 Å². The number of aryl methyl sites for hydroxylation is 1. The maximum atomic E-state index is 13.9. The van der Waals surface area contributed by atoms with Crippen LogP contribution < -0.4 is 20.4 Å². The largest absolute Gasteiger partial charge is 0.372 e. The van der Waals surface area contributed by atoms with Crippen LogP contribution in [0.15, 0.2) is 67.3 Å². The number of ether oxygens (including phenoxy) is 1. The second-order valence-electron chi connectivity index (χ2n) is 13.3. The molecule has 2 amide bonds. The molecule has 1 unspecified atom stereocenters. The predicted octanol–water partition coefficient (Wildman–Crippen LogP) is 5.38. The van der Waals surface area contributed by atoms with Crippen molar-refractivity contribution >= 4 is 23.6 Å². The van der Waals surface area contributed by atoms with Crippen LogP contribution in [0.2, 0.25) is 0 Å². The maximum absolute atomic E-state index is 13.9. The monoisotopic (exact) mass is 664 g/mol. The number of aromatic nitrogens is 5. The summed E-state index contributed by atoms with van der Waals surface area (Å²) in [7, 11) is 1.88. The number of benzene rings is 1. The molecule has 7 rings (SSSR count). The van der Waals surface area contributed by atoms with Crippen molar-refractivity contribution in [2.45, 2.75) is 75.3 Å². The molecule has 0 bridgehead atoms. The van der Waals surface area contributed by atoms with Crippen molar-refractivity contribution in [1.29, 1.82) is 5.26 Å². The average molecular weight is 665 g/mol. The Morgan fingerprint density at radius 1 is 1.06 bits per heavy atom. The van der Waals surface area contributed by atoms with Gasteiger partial charge in [-0.25, -0.2) is 19.2 Å². The summed E-state index contributed by atoms with van der Waals surface area (Å²) in [6.45, 7) is 1.86. The van der Waals surface area contributed by atoms with E-state index in [0.29, 0.717) is 62.0 Å². The molecule has 1 saturated carbocycles. The standard InChI is InChI=1S/C36H41FN10O2/c1-45-23-28(22-42-45)26-7-12-32(39-20-26)47(35(48)41-19-25-5-3-2-4-6-25)31-10-8-30(9-11-31)43-34-40-21-27(18-38)33(44-34)46-15-13-36(14-16-46)17-29(37)24-49-36/h2-7,12,20-23,29-31H,8-11,13-17,19,24H2,1H3,(H,41,48)(H,40,43,44). The molecule has 3 aliphatic rings. The first-order valence-electron chi connectivity index (χ1n) is 17.0. The van der Waals surface area contributed by atoms with E-state index in [1.807, 2.05) is 55.7 Å². The zero-order valence-electron chi connectivity index (χ0n) is 27.6. The molecule has 13 heteroatoms. The normalized spacial score (nSPS) is 21.7. The number of alkyl halides is 1. The third-order valence-electron chi connectivity index (χ3n) is 9.96. The fourth-order valence-corrected chi connectivity index (χ4v) is 7.27. The van der Waals surface area contributed by atoms with Gasteiger partial charge in [0.1, 0.15) is 23.6 Å². The Bertz CT molecular complexity index is 1780. The molecule has 5 heterocycles. The molecule has 3 aromatic heterocycles. The number of hydrogen-bond acceptors (Lipinski definition) is 9. The Balaban J connectivity index is 1.02. The van der Waals surface area contributed by atoms with Crippen LogP contribution in [-0.4, -0.2) is 74.3 Å². The highest BCUT2D eigenvalue weighted by atomic mass is 19.1. The molecule has 12 nitrogen and oxygen atoms in total. The molecule has 2 aliphatic heterocycles. The fraction of sp³-hybridized carbons (Fsp3) is 0.444. The Hall–Kier alpha value is -5.09. The number of carbonyl (C=O) groups excluding carboxylic acids is 1. The first-order chi connectivity index (χ1) is 23.9. The minimum Gasteiger partial charge on any atom is -0.372 e. The summed E-state index contributed by atoms with van der Waals surface area (Å²) in [5.41, 5.74) is 2.93. The number of anilines is 3. The lowest BCUT2D eigenvalue weighted by Gasteiger charge is -2.39. The van der Waals surface area contributed by atoms with E-state index in [0.717, 1.165) is 42.4 Å². The van der Waals surface area contributed by atoms with E-state index in [2.05, 4.69) is 31.7 Å². The van der Waals surface area contributed by atoms with Crippen LogP contribution in [0.1, 0.15) is 56.1 Å². The average Bonchev–Trinajstić information content (AvgIpc) is 3.74. The van der Waals surface area contributed by atoms with Gasteiger partial charge in [0.2, 0.25) is 5.95 Å². The molecular formula is C36H41FN10O2. The van der Waals surface area contributed by atoms with Crippen molar-refractivity contribution in [2.75, 3.05) is 34.8 Å². The number of nitrogens with one attached hydrogen (secondary N) is 2. The summed E-state index contributed by atoms with van der Waals surface area (Å²) in [4.78, 5) is 31.6. The number of carbonyl (C=O) groups is 1. The first kappa shape index (κ1) is 32.5. The van der Waals surface area contributed by atoms with Crippen molar-refractivity contribution in [3.63, 3.8) is 0 Å². The summed E-state index contributed by atoms with van der Waals surface area (Å²) >= 11 is 0. The van der Waals surface area contributed by atoms with Crippen molar-refractivity contribution in [3.05, 3.63) is 78.4 Å². The highest BCUT2D eigenvalue weighted by Crippen LogP contribution is 2.38. The van der Waals surface area contributed by atoms with Gasteiger partial charge in [-0.05, 0) is 56.2 Å². The molecule has 4 aromatic rings. The van der Waals surface area contributed by atoms with E-state index in [4.69, 9.17) is 14.7 Å². The van der Waals surface area contributed by atoms with Crippen molar-refractivity contribution < 1.29 is 13.9 Å². The summed E-state index contributed by atoms with van der Waals surface area (Å²) in [6.07, 6.45) is 11.1. The lowest BCUT2D eigenvalue weighted by atomic mass is 9.88. The quantitative estimate of drug-likeness (QED) is 0.254. The zero-order chi connectivity index (χ0) is 33.8. The van der Waals surface area contributed by atoms with Gasteiger partial charge in [0, 0.05) is 68.7 Å². The molecule has 1 aromatic carbocycles. The molecular weight excluding hydrogens is 623 g/mol. The van der Waals surface area contributed by atoms with E-state index >= 15 is 0 Å². The van der Waals surface area contributed by atoms with Crippen molar-refractivity contribution in [3.8, 4) is 17.2 Å². The van der Waals surface area contributed by atoms with Gasteiger partial charge < -0.3 is 20.3 Å². The maximum Gasteiger partial charge on any atom is 0.323 e. The lowest BCUT2D eigenvalue weighted by molar-refractivity contribution is -0.0156. The smallest absolute Gasteiger partial charge is 0.323 e. The van der Waals surface area contributed by atoms with E-state index < -0.39 is 11.8 Å². The third-order valence-corrected chi connectivity index (χ3v) is 9.96. The van der Waals surface area contributed by atoms with Gasteiger partial charge in [0.15, 0.2) is 5.82 Å². The number of piperidine rings is 1. The lowest BCUT2D eigenvalue weighted by Crippen LogP contribution is -2.49. The fourth-order valence-electron chi connectivity index (χ4n) is 7.27. The summed E-state index contributed by atoms with van der Waals surface area (Å²) < 4.78 is 21.5. The third kappa shape index (κ3) is 7.34. The minimum absolute atomic E-state index is 0.0506. The Kier molecular flexibility index (Phi) is 9.39. The second-order valence-corrected chi connectivity index (χ2v) is 13.3. The van der Waals surface area contributed by atoms with E-state index in [9.17, 15) is 14.4 Å². The van der Waals surface area contributed by atoms with Gasteiger partial charge in [0.05, 0.1) is 24.6 Å². The van der Waals surface area contributed by atoms with E-state index in [-0.39, 0.29) is 24.7 Å². The van der Waals surface area contributed by atoms with E-state index in [1.54, 1.807) is 28.2 Å². The van der Waals surface area contributed by atoms with Crippen molar-refractivity contribution in [1.82, 2.24) is 30.0 Å². The number of hydrogen-bond donors (Lipinski definition) is 2. The molecule has 254 valence electrons. The Labute approximate surface area is 285 Å². The van der Waals surface area contributed by atoms with Crippen LogP contribution in [0, 0.1) is 11.3 Å².